The average Bonchev–Trinajstić information content (AvgIpc) is 2.88. The lowest BCUT2D eigenvalue weighted by Crippen LogP contribution is -2.36. The third-order valence-electron chi connectivity index (χ3n) is 4.56. The summed E-state index contributed by atoms with van der Waals surface area (Å²) in [7, 11) is 3.99. The Morgan fingerprint density at radius 1 is 1.30 bits per heavy atom. The third-order valence-corrected chi connectivity index (χ3v) is 4.56. The molecule has 3 rings (SSSR count). The molecule has 6 heteroatoms. The van der Waals surface area contributed by atoms with Gasteiger partial charge in [-0.1, -0.05) is 6.92 Å². The van der Waals surface area contributed by atoms with Crippen LogP contribution in [0.3, 0.4) is 0 Å². The predicted molar refractivity (Wildman–Crippen MR) is 87.1 cm³/mol. The summed E-state index contributed by atoms with van der Waals surface area (Å²) in [6.45, 7) is 3.34. The quantitative estimate of drug-likeness (QED) is 0.917. The van der Waals surface area contributed by atoms with Gasteiger partial charge in [0.2, 0.25) is 5.56 Å². The molecule has 0 bridgehead atoms. The van der Waals surface area contributed by atoms with Gasteiger partial charge in [0.1, 0.15) is 5.82 Å². The highest BCUT2D eigenvalue weighted by Gasteiger charge is 2.34. The number of nitrogens with one attached hydrogen (secondary N) is 1. The van der Waals surface area contributed by atoms with Gasteiger partial charge >= 0.3 is 0 Å². The van der Waals surface area contributed by atoms with Crippen molar-refractivity contribution in [3.63, 3.8) is 0 Å². The summed E-state index contributed by atoms with van der Waals surface area (Å²) in [4.78, 5) is 31.2. The van der Waals surface area contributed by atoms with Crippen LogP contribution in [0, 0.1) is 11.7 Å². The largest absolute Gasteiger partial charge is 0.337 e. The second-order valence-corrected chi connectivity index (χ2v) is 6.46. The summed E-state index contributed by atoms with van der Waals surface area (Å²) in [6.07, 6.45) is 0. The molecule has 1 N–H and O–H groups in total. The third kappa shape index (κ3) is 2.86. The maximum Gasteiger partial charge on any atom is 0.254 e. The van der Waals surface area contributed by atoms with Gasteiger partial charge in [0.15, 0.2) is 0 Å². The van der Waals surface area contributed by atoms with Crippen molar-refractivity contribution in [2.24, 2.45) is 5.92 Å². The van der Waals surface area contributed by atoms with Crippen molar-refractivity contribution >= 4 is 16.8 Å². The van der Waals surface area contributed by atoms with E-state index in [9.17, 15) is 14.0 Å². The molecule has 1 amide bonds. The Kier molecular flexibility index (Phi) is 3.93. The molecular weight excluding hydrogens is 297 g/mol. The van der Waals surface area contributed by atoms with Crippen LogP contribution in [0.5, 0.6) is 0 Å². The number of pyridine rings is 1. The van der Waals surface area contributed by atoms with Crippen LogP contribution in [0.15, 0.2) is 29.1 Å². The molecule has 0 aliphatic carbocycles. The lowest BCUT2D eigenvalue weighted by atomic mass is 10.1. The Balaban J connectivity index is 2.02. The molecule has 0 radical (unpaired) electrons. The first kappa shape index (κ1) is 15.7. The fourth-order valence-electron chi connectivity index (χ4n) is 3.36. The topological polar surface area (TPSA) is 56.4 Å². The zero-order valence-electron chi connectivity index (χ0n) is 13.5. The predicted octanol–water partition coefficient (Wildman–Crippen LogP) is 1.69. The van der Waals surface area contributed by atoms with E-state index in [0.29, 0.717) is 29.9 Å². The number of likely N-dealkylation sites (tertiary alicyclic amines) is 1. The number of nitrogens with zero attached hydrogens (tertiary/aromatic N) is 2. The van der Waals surface area contributed by atoms with Crippen LogP contribution in [-0.2, 0) is 0 Å². The van der Waals surface area contributed by atoms with Gasteiger partial charge in [0, 0.05) is 36.1 Å². The zero-order valence-corrected chi connectivity index (χ0v) is 13.5. The van der Waals surface area contributed by atoms with Gasteiger partial charge in [0.05, 0.1) is 5.56 Å². The van der Waals surface area contributed by atoms with Crippen molar-refractivity contribution < 1.29 is 9.18 Å². The molecule has 2 atom stereocenters. The van der Waals surface area contributed by atoms with Crippen molar-refractivity contribution in [1.29, 1.82) is 0 Å². The summed E-state index contributed by atoms with van der Waals surface area (Å²) in [5, 5.41) is 0.440. The Bertz CT molecular complexity index is 815. The van der Waals surface area contributed by atoms with Gasteiger partial charge in [0.25, 0.3) is 5.91 Å². The van der Waals surface area contributed by atoms with Crippen LogP contribution in [0.1, 0.15) is 17.3 Å². The van der Waals surface area contributed by atoms with E-state index in [2.05, 4.69) is 16.8 Å². The highest BCUT2D eigenvalue weighted by atomic mass is 19.1. The van der Waals surface area contributed by atoms with Crippen molar-refractivity contribution in [3.8, 4) is 0 Å². The summed E-state index contributed by atoms with van der Waals surface area (Å²) < 4.78 is 13.6. The summed E-state index contributed by atoms with van der Waals surface area (Å²) in [6, 6.07) is 5.59. The molecule has 1 fully saturated rings. The zero-order chi connectivity index (χ0) is 16.7. The number of rotatable bonds is 2. The number of likely N-dealkylation sites (N-methyl/N-ethyl adjacent to an activating group) is 1. The molecule has 2 aromatic rings. The lowest BCUT2D eigenvalue weighted by Gasteiger charge is -2.22. The van der Waals surface area contributed by atoms with Crippen LogP contribution >= 0.6 is 0 Å². The van der Waals surface area contributed by atoms with Gasteiger partial charge in [-0.05, 0) is 38.2 Å². The average molecular weight is 317 g/mol. The molecule has 5 nitrogen and oxygen atoms in total. The van der Waals surface area contributed by atoms with E-state index in [1.54, 1.807) is 4.90 Å². The molecule has 1 aromatic carbocycles. The number of aromatic nitrogens is 1. The van der Waals surface area contributed by atoms with Gasteiger partial charge in [-0.3, -0.25) is 9.59 Å². The lowest BCUT2D eigenvalue weighted by molar-refractivity contribution is 0.0783. The number of carbonyl (C=O) groups is 1. The van der Waals surface area contributed by atoms with E-state index in [1.165, 1.54) is 24.3 Å². The summed E-state index contributed by atoms with van der Waals surface area (Å²) in [5.74, 6) is -0.304. The normalized spacial score (nSPS) is 21.3. The minimum atomic E-state index is -0.431. The molecule has 122 valence electrons. The van der Waals surface area contributed by atoms with Crippen LogP contribution in [-0.4, -0.2) is 53.9 Å². The van der Waals surface area contributed by atoms with Crippen LogP contribution in [0.25, 0.3) is 10.9 Å². The monoisotopic (exact) mass is 317 g/mol. The highest BCUT2D eigenvalue weighted by molar-refractivity contribution is 6.06. The molecule has 2 heterocycles. The minimum absolute atomic E-state index is 0.220. The van der Waals surface area contributed by atoms with E-state index < -0.39 is 5.82 Å². The summed E-state index contributed by atoms with van der Waals surface area (Å²) in [5.41, 5.74) is 0.373. The second-order valence-electron chi connectivity index (χ2n) is 6.46. The number of fused-ring (bicyclic) bond motifs is 1. The van der Waals surface area contributed by atoms with Gasteiger partial charge < -0.3 is 14.8 Å². The molecule has 0 spiro atoms. The second kappa shape index (κ2) is 5.77. The Morgan fingerprint density at radius 2 is 2.04 bits per heavy atom. The number of hydrogen-bond acceptors (Lipinski definition) is 3. The van der Waals surface area contributed by atoms with E-state index in [0.717, 1.165) is 0 Å². The van der Waals surface area contributed by atoms with Crippen LogP contribution < -0.4 is 5.56 Å². The van der Waals surface area contributed by atoms with E-state index >= 15 is 0 Å². The number of carbonyl (C=O) groups excluding carboxylic acids is 1. The molecule has 0 saturated carbocycles. The van der Waals surface area contributed by atoms with E-state index in [4.69, 9.17) is 0 Å². The number of halogens is 1. The van der Waals surface area contributed by atoms with Crippen molar-refractivity contribution in [1.82, 2.24) is 14.8 Å². The molecule has 0 unspecified atom stereocenters. The minimum Gasteiger partial charge on any atom is -0.337 e. The van der Waals surface area contributed by atoms with Gasteiger partial charge in [-0.25, -0.2) is 4.39 Å². The first-order chi connectivity index (χ1) is 10.9. The fourth-order valence-corrected chi connectivity index (χ4v) is 3.36. The number of amides is 1. The first-order valence-electron chi connectivity index (χ1n) is 7.65. The Labute approximate surface area is 133 Å². The highest BCUT2D eigenvalue weighted by Crippen LogP contribution is 2.24. The number of hydrogen-bond donors (Lipinski definition) is 1. The number of benzene rings is 1. The molecule has 1 aromatic heterocycles. The SMILES string of the molecule is C[C@@H]1CN(C(=O)c2cc(=O)[nH]c3ccc(F)cc23)C[C@@H]1N(C)C. The maximum atomic E-state index is 13.6. The van der Waals surface area contributed by atoms with Crippen LogP contribution in [0.2, 0.25) is 0 Å². The molecule has 23 heavy (non-hydrogen) atoms. The molecular formula is C17H20FN3O2. The molecule has 1 saturated heterocycles. The Hall–Kier alpha value is -2.21. The first-order valence-corrected chi connectivity index (χ1v) is 7.65. The number of aromatic amines is 1. The Morgan fingerprint density at radius 3 is 2.70 bits per heavy atom. The van der Waals surface area contributed by atoms with E-state index in [-0.39, 0.29) is 23.1 Å². The van der Waals surface area contributed by atoms with Gasteiger partial charge in [-0.2, -0.15) is 0 Å². The van der Waals surface area contributed by atoms with Gasteiger partial charge in [-0.15, -0.1) is 0 Å². The van der Waals surface area contributed by atoms with Crippen molar-refractivity contribution in [2.75, 3.05) is 27.2 Å². The van der Waals surface area contributed by atoms with E-state index in [1.807, 2.05) is 14.1 Å². The molecule has 1 aliphatic heterocycles. The summed E-state index contributed by atoms with van der Waals surface area (Å²) >= 11 is 0. The molecule has 1 aliphatic rings. The van der Waals surface area contributed by atoms with Crippen molar-refractivity contribution in [3.05, 3.63) is 46.0 Å². The van der Waals surface area contributed by atoms with Crippen LogP contribution in [0.4, 0.5) is 4.39 Å². The van der Waals surface area contributed by atoms with Crippen molar-refractivity contribution in [2.45, 2.75) is 13.0 Å². The fraction of sp³-hybridized carbons (Fsp3) is 0.412. The number of H-pyrrole nitrogens is 1. The smallest absolute Gasteiger partial charge is 0.254 e. The standard InChI is InChI=1S/C17H20FN3O2/c1-10-8-21(9-15(10)20(2)3)17(23)13-7-16(22)19-14-5-4-11(18)6-12(13)14/h4-7,10,15H,8-9H2,1-3H3,(H,19,22)/t10-,15+/m1/s1. The maximum absolute atomic E-state index is 13.6.